The minimum absolute atomic E-state index is 0.0621. The lowest BCUT2D eigenvalue weighted by atomic mass is 10.0. The van der Waals surface area contributed by atoms with E-state index in [9.17, 15) is 9.18 Å². The Morgan fingerprint density at radius 2 is 2.20 bits per heavy atom. The van der Waals surface area contributed by atoms with E-state index >= 15 is 0 Å². The van der Waals surface area contributed by atoms with E-state index < -0.39 is 11.9 Å². The quantitative estimate of drug-likeness (QED) is 0.872. The third kappa shape index (κ3) is 3.33. The van der Waals surface area contributed by atoms with Crippen molar-refractivity contribution in [2.24, 2.45) is 0 Å². The highest BCUT2D eigenvalue weighted by Crippen LogP contribution is 2.21. The summed E-state index contributed by atoms with van der Waals surface area (Å²) < 4.78 is 13.5. The van der Waals surface area contributed by atoms with E-state index in [-0.39, 0.29) is 11.6 Å². The van der Waals surface area contributed by atoms with E-state index in [2.05, 4.69) is 10.3 Å². The molecular weight excluding hydrogens is 279 g/mol. The van der Waals surface area contributed by atoms with Gasteiger partial charge in [-0.2, -0.15) is 4.39 Å². The number of pyridine rings is 1. The highest BCUT2D eigenvalue weighted by Gasteiger charge is 2.17. The number of carbonyl (C=O) groups excluding carboxylic acids is 1. The van der Waals surface area contributed by atoms with Crippen LogP contribution in [0.25, 0.3) is 0 Å². The molecule has 1 amide bonds. The van der Waals surface area contributed by atoms with E-state index in [0.29, 0.717) is 11.4 Å². The van der Waals surface area contributed by atoms with Crippen molar-refractivity contribution >= 4 is 17.5 Å². The summed E-state index contributed by atoms with van der Waals surface area (Å²) in [6, 6.07) is 9.95. The second kappa shape index (κ2) is 6.48. The fraction of sp³-hybridized carbons (Fsp3) is 0.200. The Bertz CT molecular complexity index is 618. The first-order valence-corrected chi connectivity index (χ1v) is 6.66. The summed E-state index contributed by atoms with van der Waals surface area (Å²) in [6.45, 7) is 1.94. The maximum Gasteiger partial charge on any atom is 0.256 e. The zero-order valence-corrected chi connectivity index (χ0v) is 11.7. The number of rotatable bonds is 4. The highest BCUT2D eigenvalue weighted by molar-refractivity contribution is 6.30. The first-order valence-electron chi connectivity index (χ1n) is 6.28. The van der Waals surface area contributed by atoms with Crippen molar-refractivity contribution in [3.8, 4) is 0 Å². The lowest BCUT2D eigenvalue weighted by Gasteiger charge is -2.17. The number of nitrogens with zero attached hydrogens (tertiary/aromatic N) is 1. The van der Waals surface area contributed by atoms with Crippen LogP contribution in [0.4, 0.5) is 4.39 Å². The van der Waals surface area contributed by atoms with Gasteiger partial charge in [0.2, 0.25) is 5.95 Å². The summed E-state index contributed by atoms with van der Waals surface area (Å²) in [7, 11) is 0. The molecule has 1 atom stereocenters. The molecule has 1 unspecified atom stereocenters. The zero-order chi connectivity index (χ0) is 14.5. The highest BCUT2D eigenvalue weighted by atomic mass is 35.5. The molecule has 0 radical (unpaired) electrons. The number of hydrogen-bond acceptors (Lipinski definition) is 2. The molecule has 0 bridgehead atoms. The molecule has 0 saturated heterocycles. The van der Waals surface area contributed by atoms with Gasteiger partial charge >= 0.3 is 0 Å². The van der Waals surface area contributed by atoms with Crippen molar-refractivity contribution in [1.29, 1.82) is 0 Å². The SMILES string of the molecule is CCC(NC(=O)c1cccnc1F)c1cccc(Cl)c1. The molecule has 104 valence electrons. The minimum Gasteiger partial charge on any atom is -0.345 e. The molecule has 0 aliphatic heterocycles. The molecule has 0 saturated carbocycles. The Hall–Kier alpha value is -1.94. The number of halogens is 2. The van der Waals surface area contributed by atoms with Crippen LogP contribution in [0.2, 0.25) is 5.02 Å². The molecule has 1 aromatic carbocycles. The predicted octanol–water partition coefficient (Wildman–Crippen LogP) is 3.76. The van der Waals surface area contributed by atoms with Crippen LogP contribution in [-0.4, -0.2) is 10.9 Å². The maximum atomic E-state index is 13.5. The molecule has 2 rings (SSSR count). The number of nitrogens with one attached hydrogen (secondary N) is 1. The summed E-state index contributed by atoms with van der Waals surface area (Å²) in [5.74, 6) is -1.26. The van der Waals surface area contributed by atoms with Crippen LogP contribution >= 0.6 is 11.6 Å². The normalized spacial score (nSPS) is 11.9. The lowest BCUT2D eigenvalue weighted by Crippen LogP contribution is -2.29. The summed E-state index contributed by atoms with van der Waals surface area (Å²) in [4.78, 5) is 15.5. The first-order chi connectivity index (χ1) is 9.61. The van der Waals surface area contributed by atoms with Crippen LogP contribution in [0.3, 0.4) is 0 Å². The van der Waals surface area contributed by atoms with Gasteiger partial charge in [0.25, 0.3) is 5.91 Å². The van der Waals surface area contributed by atoms with E-state index in [1.54, 1.807) is 12.1 Å². The molecule has 0 spiro atoms. The average molecular weight is 293 g/mol. The fourth-order valence-corrected chi connectivity index (χ4v) is 2.13. The Labute approximate surface area is 121 Å². The topological polar surface area (TPSA) is 42.0 Å². The fourth-order valence-electron chi connectivity index (χ4n) is 1.94. The Morgan fingerprint density at radius 1 is 1.40 bits per heavy atom. The third-order valence-electron chi connectivity index (χ3n) is 2.97. The van der Waals surface area contributed by atoms with Gasteiger partial charge in [0.1, 0.15) is 0 Å². The van der Waals surface area contributed by atoms with Crippen LogP contribution < -0.4 is 5.32 Å². The smallest absolute Gasteiger partial charge is 0.256 e. The van der Waals surface area contributed by atoms with Gasteiger partial charge in [0, 0.05) is 11.2 Å². The van der Waals surface area contributed by atoms with Crippen molar-refractivity contribution in [3.63, 3.8) is 0 Å². The molecule has 3 nitrogen and oxygen atoms in total. The summed E-state index contributed by atoms with van der Waals surface area (Å²) in [6.07, 6.45) is 1.98. The van der Waals surface area contributed by atoms with E-state index in [1.165, 1.54) is 18.3 Å². The number of carbonyl (C=O) groups is 1. The predicted molar refractivity (Wildman–Crippen MR) is 76.1 cm³/mol. The number of hydrogen-bond donors (Lipinski definition) is 1. The molecule has 0 fully saturated rings. The van der Waals surface area contributed by atoms with E-state index in [0.717, 1.165) is 5.56 Å². The van der Waals surface area contributed by atoms with Gasteiger partial charge in [-0.1, -0.05) is 30.7 Å². The first kappa shape index (κ1) is 14.5. The van der Waals surface area contributed by atoms with Crippen molar-refractivity contribution in [2.75, 3.05) is 0 Å². The van der Waals surface area contributed by atoms with Gasteiger partial charge in [-0.25, -0.2) is 4.98 Å². The zero-order valence-electron chi connectivity index (χ0n) is 10.9. The Morgan fingerprint density at radius 3 is 2.85 bits per heavy atom. The largest absolute Gasteiger partial charge is 0.345 e. The lowest BCUT2D eigenvalue weighted by molar-refractivity contribution is 0.0930. The van der Waals surface area contributed by atoms with Gasteiger partial charge in [-0.05, 0) is 36.2 Å². The second-order valence-corrected chi connectivity index (χ2v) is 4.77. The van der Waals surface area contributed by atoms with E-state index in [1.807, 2.05) is 19.1 Å². The van der Waals surface area contributed by atoms with Gasteiger partial charge in [0.05, 0.1) is 11.6 Å². The molecule has 1 aromatic heterocycles. The summed E-state index contributed by atoms with van der Waals surface area (Å²) in [5, 5.41) is 3.39. The minimum atomic E-state index is -0.772. The molecule has 0 aliphatic rings. The molecular formula is C15H14ClFN2O. The van der Waals surface area contributed by atoms with Crippen LogP contribution in [-0.2, 0) is 0 Å². The van der Waals surface area contributed by atoms with Gasteiger partial charge in [-0.3, -0.25) is 4.79 Å². The van der Waals surface area contributed by atoms with Crippen LogP contribution in [0.5, 0.6) is 0 Å². The Kier molecular flexibility index (Phi) is 4.69. The summed E-state index contributed by atoms with van der Waals surface area (Å²) >= 11 is 5.94. The molecule has 1 N–H and O–H groups in total. The van der Waals surface area contributed by atoms with Crippen molar-refractivity contribution < 1.29 is 9.18 Å². The van der Waals surface area contributed by atoms with E-state index in [4.69, 9.17) is 11.6 Å². The number of amides is 1. The Balaban J connectivity index is 2.19. The summed E-state index contributed by atoms with van der Waals surface area (Å²) in [5.41, 5.74) is 0.825. The molecule has 1 heterocycles. The molecule has 0 aliphatic carbocycles. The average Bonchev–Trinajstić information content (AvgIpc) is 2.45. The van der Waals surface area contributed by atoms with Gasteiger partial charge in [-0.15, -0.1) is 0 Å². The van der Waals surface area contributed by atoms with Crippen molar-refractivity contribution in [2.45, 2.75) is 19.4 Å². The molecule has 2 aromatic rings. The third-order valence-corrected chi connectivity index (χ3v) is 3.20. The van der Waals surface area contributed by atoms with Crippen LogP contribution in [0.1, 0.15) is 35.3 Å². The maximum absolute atomic E-state index is 13.5. The molecule has 5 heteroatoms. The molecule has 20 heavy (non-hydrogen) atoms. The standard InChI is InChI=1S/C15H14ClFN2O/c1-2-13(10-5-3-6-11(16)9-10)19-15(20)12-7-4-8-18-14(12)17/h3-9,13H,2H2,1H3,(H,19,20). The monoisotopic (exact) mass is 292 g/mol. The second-order valence-electron chi connectivity index (χ2n) is 4.33. The van der Waals surface area contributed by atoms with Crippen LogP contribution in [0.15, 0.2) is 42.6 Å². The van der Waals surface area contributed by atoms with Crippen molar-refractivity contribution in [3.05, 3.63) is 64.7 Å². The van der Waals surface area contributed by atoms with Crippen molar-refractivity contribution in [1.82, 2.24) is 10.3 Å². The number of benzene rings is 1. The number of aromatic nitrogens is 1. The van der Waals surface area contributed by atoms with Gasteiger partial charge in [0.15, 0.2) is 0 Å². The van der Waals surface area contributed by atoms with Gasteiger partial charge < -0.3 is 5.32 Å². The van der Waals surface area contributed by atoms with Crippen LogP contribution in [0, 0.1) is 5.95 Å².